The molecule has 0 spiro atoms. The number of pyridine rings is 1. The molecule has 0 bridgehead atoms. The molecule has 11 heteroatoms. The summed E-state index contributed by atoms with van der Waals surface area (Å²) in [7, 11) is 0. The maximum absolute atomic E-state index is 14.0. The summed E-state index contributed by atoms with van der Waals surface area (Å²) in [4.78, 5) is 17.4. The van der Waals surface area contributed by atoms with E-state index < -0.39 is 35.3 Å². The van der Waals surface area contributed by atoms with Crippen molar-refractivity contribution in [1.82, 2.24) is 15.6 Å². The van der Waals surface area contributed by atoms with Crippen LogP contribution in [0.5, 0.6) is 11.5 Å². The summed E-state index contributed by atoms with van der Waals surface area (Å²) in [5.41, 5.74) is -0.115. The molecule has 1 aliphatic rings. The first-order valence-corrected chi connectivity index (χ1v) is 11.3. The maximum atomic E-state index is 14.0. The second-order valence-electron chi connectivity index (χ2n) is 8.58. The zero-order chi connectivity index (χ0) is 26.1. The molecule has 1 aliphatic heterocycles. The molecule has 2 N–H and O–H groups in total. The Kier molecular flexibility index (Phi) is 6.74. The third-order valence-corrected chi connectivity index (χ3v) is 5.70. The molecule has 0 saturated carbocycles. The average molecular weight is 524 g/mol. The van der Waals surface area contributed by atoms with Gasteiger partial charge in [0.1, 0.15) is 5.54 Å². The number of carbonyl (C=O) groups is 1. The van der Waals surface area contributed by atoms with Crippen LogP contribution in [0, 0.1) is 0 Å². The molecule has 3 aromatic rings. The van der Waals surface area contributed by atoms with Crippen LogP contribution in [0.15, 0.2) is 66.9 Å². The van der Waals surface area contributed by atoms with E-state index in [4.69, 9.17) is 11.6 Å². The number of urea groups is 1. The van der Waals surface area contributed by atoms with E-state index in [0.717, 1.165) is 17.7 Å². The maximum Gasteiger partial charge on any atom is 0.507 e. The highest BCUT2D eigenvalue weighted by Crippen LogP contribution is 2.48. The van der Waals surface area contributed by atoms with Gasteiger partial charge >= 0.3 is 18.2 Å². The molecule has 0 saturated heterocycles. The summed E-state index contributed by atoms with van der Waals surface area (Å²) in [5.74, 6) is -1.18. The first-order chi connectivity index (χ1) is 16.9. The minimum absolute atomic E-state index is 0.125. The molecule has 0 radical (unpaired) electrons. The average Bonchev–Trinajstić information content (AvgIpc) is 2.79. The lowest BCUT2D eigenvalue weighted by molar-refractivity contribution is -0.391. The SMILES string of the molecule is CC(C)NC(=O)N[C@](Cc1ccccc1)(c1ccc2c(c1)OC(F)(F)C(F)(F)O2)c1ccc(Cl)cn1. The van der Waals surface area contributed by atoms with Crippen molar-refractivity contribution in [3.63, 3.8) is 0 Å². The number of amides is 2. The highest BCUT2D eigenvalue weighted by Gasteiger charge is 2.66. The van der Waals surface area contributed by atoms with Crippen LogP contribution in [0.3, 0.4) is 0 Å². The van der Waals surface area contributed by atoms with Crippen LogP contribution in [0.4, 0.5) is 22.4 Å². The molecule has 6 nitrogen and oxygen atoms in total. The minimum Gasteiger partial charge on any atom is -0.421 e. The van der Waals surface area contributed by atoms with E-state index >= 15 is 0 Å². The third-order valence-electron chi connectivity index (χ3n) is 5.48. The fourth-order valence-corrected chi connectivity index (χ4v) is 3.99. The summed E-state index contributed by atoms with van der Waals surface area (Å²) < 4.78 is 63.9. The molecule has 0 fully saturated rings. The molecule has 190 valence electrons. The Morgan fingerprint density at radius 1 is 1.00 bits per heavy atom. The van der Waals surface area contributed by atoms with Crippen LogP contribution in [0.2, 0.25) is 5.02 Å². The number of rotatable bonds is 6. The number of hydrogen-bond donors (Lipinski definition) is 2. The Labute approximate surface area is 209 Å². The zero-order valence-corrected chi connectivity index (χ0v) is 20.0. The molecule has 4 rings (SSSR count). The molecule has 2 heterocycles. The summed E-state index contributed by atoms with van der Waals surface area (Å²) in [6.45, 7) is 3.54. The largest absolute Gasteiger partial charge is 0.507 e. The second kappa shape index (κ2) is 9.50. The fraction of sp³-hybridized carbons (Fsp3) is 0.280. The van der Waals surface area contributed by atoms with Gasteiger partial charge in [-0.25, -0.2) is 4.79 Å². The lowest BCUT2D eigenvalue weighted by Crippen LogP contribution is -2.54. The lowest BCUT2D eigenvalue weighted by atomic mass is 9.80. The number of ether oxygens (including phenoxy) is 2. The number of benzene rings is 2. The zero-order valence-electron chi connectivity index (χ0n) is 19.2. The van der Waals surface area contributed by atoms with Crippen LogP contribution in [-0.2, 0) is 12.0 Å². The molecule has 0 unspecified atom stereocenters. The fourth-order valence-electron chi connectivity index (χ4n) is 3.88. The van der Waals surface area contributed by atoms with Crippen LogP contribution in [0.25, 0.3) is 0 Å². The van der Waals surface area contributed by atoms with Crippen molar-refractivity contribution in [1.29, 1.82) is 0 Å². The predicted octanol–water partition coefficient (Wildman–Crippen LogP) is 5.89. The highest BCUT2D eigenvalue weighted by atomic mass is 35.5. The van der Waals surface area contributed by atoms with Gasteiger partial charge in [0, 0.05) is 18.7 Å². The van der Waals surface area contributed by atoms with E-state index in [2.05, 4.69) is 25.1 Å². The van der Waals surface area contributed by atoms with E-state index in [0.29, 0.717) is 10.7 Å². The Bertz CT molecular complexity index is 1240. The number of nitrogens with zero attached hydrogens (tertiary/aromatic N) is 1. The number of alkyl halides is 4. The predicted molar refractivity (Wildman–Crippen MR) is 125 cm³/mol. The number of halogens is 5. The Morgan fingerprint density at radius 3 is 2.28 bits per heavy atom. The topological polar surface area (TPSA) is 72.5 Å². The highest BCUT2D eigenvalue weighted by molar-refractivity contribution is 6.30. The van der Waals surface area contributed by atoms with Crippen molar-refractivity contribution in [3.8, 4) is 11.5 Å². The Hall–Kier alpha value is -3.53. The van der Waals surface area contributed by atoms with E-state index in [1.807, 2.05) is 18.2 Å². The van der Waals surface area contributed by atoms with Crippen LogP contribution in [0.1, 0.15) is 30.7 Å². The van der Waals surface area contributed by atoms with E-state index in [9.17, 15) is 22.4 Å². The number of aromatic nitrogens is 1. The molecule has 0 aliphatic carbocycles. The standard InChI is InChI=1S/C25H22ClF4N3O3/c1-15(2)32-22(34)33-23(13-16-6-4-3-5-7-16,21-11-9-18(26)14-31-21)17-8-10-19-20(12-17)36-25(29,30)24(27,28)35-19/h3-12,14-15H,13H2,1-2H3,(H2,32,33,34)/t23-/m1/s1. The van der Waals surface area contributed by atoms with Crippen molar-refractivity contribution >= 4 is 17.6 Å². The van der Waals surface area contributed by atoms with Gasteiger partial charge in [-0.1, -0.05) is 48.0 Å². The van der Waals surface area contributed by atoms with Crippen molar-refractivity contribution in [2.24, 2.45) is 0 Å². The van der Waals surface area contributed by atoms with Gasteiger partial charge in [-0.15, -0.1) is 0 Å². The van der Waals surface area contributed by atoms with Crippen LogP contribution in [-0.4, -0.2) is 29.3 Å². The van der Waals surface area contributed by atoms with Crippen molar-refractivity contribution in [2.75, 3.05) is 0 Å². The summed E-state index contributed by atoms with van der Waals surface area (Å²) in [6, 6.07) is 15.0. The number of fused-ring (bicyclic) bond motifs is 1. The first-order valence-electron chi connectivity index (χ1n) is 10.9. The van der Waals surface area contributed by atoms with E-state index in [1.165, 1.54) is 12.3 Å². The number of nitrogens with one attached hydrogen (secondary N) is 2. The molecule has 36 heavy (non-hydrogen) atoms. The second-order valence-corrected chi connectivity index (χ2v) is 9.02. The van der Waals surface area contributed by atoms with Gasteiger partial charge in [0.25, 0.3) is 0 Å². The van der Waals surface area contributed by atoms with Crippen LogP contribution >= 0.6 is 11.6 Å². The van der Waals surface area contributed by atoms with Crippen molar-refractivity contribution < 1.29 is 31.8 Å². The molecule has 1 aromatic heterocycles. The van der Waals surface area contributed by atoms with Gasteiger partial charge in [0.2, 0.25) is 0 Å². The van der Waals surface area contributed by atoms with E-state index in [1.54, 1.807) is 38.1 Å². The van der Waals surface area contributed by atoms with Gasteiger partial charge in [-0.2, -0.15) is 17.6 Å². The molecule has 2 aromatic carbocycles. The van der Waals surface area contributed by atoms with Crippen molar-refractivity contribution in [2.45, 2.75) is 44.1 Å². The summed E-state index contributed by atoms with van der Waals surface area (Å²) in [6.07, 6.45) is -8.25. The Morgan fingerprint density at radius 2 is 1.67 bits per heavy atom. The first kappa shape index (κ1) is 25.6. The smallest absolute Gasteiger partial charge is 0.421 e. The molecule has 1 atom stereocenters. The molecular formula is C25H22ClF4N3O3. The summed E-state index contributed by atoms with van der Waals surface area (Å²) in [5, 5.41) is 6.00. The van der Waals surface area contributed by atoms with Gasteiger partial charge in [0.15, 0.2) is 11.5 Å². The quantitative estimate of drug-likeness (QED) is 0.395. The summed E-state index contributed by atoms with van der Waals surface area (Å²) >= 11 is 6.04. The van der Waals surface area contributed by atoms with Gasteiger partial charge in [-0.05, 0) is 49.2 Å². The van der Waals surface area contributed by atoms with Gasteiger partial charge in [-0.3, -0.25) is 4.98 Å². The lowest BCUT2D eigenvalue weighted by Gasteiger charge is -2.37. The molecule has 2 amide bonds. The molecular weight excluding hydrogens is 502 g/mol. The van der Waals surface area contributed by atoms with Gasteiger partial charge in [0.05, 0.1) is 10.7 Å². The van der Waals surface area contributed by atoms with Crippen LogP contribution < -0.4 is 20.1 Å². The number of hydrogen-bond acceptors (Lipinski definition) is 4. The normalized spacial score (nSPS) is 17.2. The Balaban J connectivity index is 1.91. The van der Waals surface area contributed by atoms with E-state index in [-0.39, 0.29) is 18.0 Å². The monoisotopic (exact) mass is 523 g/mol. The third kappa shape index (κ3) is 5.04. The minimum atomic E-state index is -4.90. The van der Waals surface area contributed by atoms with Crippen molar-refractivity contribution in [3.05, 3.63) is 88.7 Å². The van der Waals surface area contributed by atoms with Gasteiger partial charge < -0.3 is 20.1 Å². The number of carbonyl (C=O) groups excluding carboxylic acids is 1.